The maximum atomic E-state index is 4.43. The van der Waals surface area contributed by atoms with Gasteiger partial charge in [0, 0.05) is 26.7 Å². The Labute approximate surface area is 105 Å². The standard InChI is InChI=1S/C13H26N4/c1-5-12-8-13(17(4)16-12)10-15-7-6-14-9-11(2)3/h8,11,14-15H,5-7,9-10H2,1-4H3. The zero-order valence-electron chi connectivity index (χ0n) is 11.6. The molecule has 0 aliphatic rings. The molecule has 4 heteroatoms. The number of rotatable bonds is 8. The fraction of sp³-hybridized carbons (Fsp3) is 0.769. The molecule has 4 nitrogen and oxygen atoms in total. The van der Waals surface area contributed by atoms with Crippen LogP contribution in [0.5, 0.6) is 0 Å². The molecule has 0 aliphatic heterocycles. The number of nitrogens with zero attached hydrogens (tertiary/aromatic N) is 2. The van der Waals surface area contributed by atoms with Gasteiger partial charge in [0.15, 0.2) is 0 Å². The van der Waals surface area contributed by atoms with Gasteiger partial charge >= 0.3 is 0 Å². The normalized spacial score (nSPS) is 11.4. The third-order valence-electron chi connectivity index (χ3n) is 2.73. The Kier molecular flexibility index (Phi) is 6.22. The van der Waals surface area contributed by atoms with Crippen LogP contribution in [0.25, 0.3) is 0 Å². The average Bonchev–Trinajstić information content (AvgIpc) is 2.64. The number of aryl methyl sites for hydroxylation is 2. The highest BCUT2D eigenvalue weighted by molar-refractivity contribution is 5.09. The van der Waals surface area contributed by atoms with Crippen LogP contribution in [0.3, 0.4) is 0 Å². The molecule has 0 spiro atoms. The van der Waals surface area contributed by atoms with Gasteiger partial charge in [-0.3, -0.25) is 4.68 Å². The molecule has 1 aromatic rings. The summed E-state index contributed by atoms with van der Waals surface area (Å²) in [5, 5.41) is 11.3. The minimum Gasteiger partial charge on any atom is -0.315 e. The number of nitrogens with one attached hydrogen (secondary N) is 2. The van der Waals surface area contributed by atoms with Crippen molar-refractivity contribution in [2.24, 2.45) is 13.0 Å². The van der Waals surface area contributed by atoms with Crippen LogP contribution in [-0.4, -0.2) is 29.4 Å². The van der Waals surface area contributed by atoms with Crippen LogP contribution < -0.4 is 10.6 Å². The first-order valence-corrected chi connectivity index (χ1v) is 6.56. The first kappa shape index (κ1) is 14.2. The van der Waals surface area contributed by atoms with Crippen LogP contribution in [0.1, 0.15) is 32.2 Å². The summed E-state index contributed by atoms with van der Waals surface area (Å²) in [5.74, 6) is 0.721. The Morgan fingerprint density at radius 3 is 2.59 bits per heavy atom. The van der Waals surface area contributed by atoms with Gasteiger partial charge in [0.25, 0.3) is 0 Å². The van der Waals surface area contributed by atoms with Crippen molar-refractivity contribution in [1.82, 2.24) is 20.4 Å². The van der Waals surface area contributed by atoms with Crippen molar-refractivity contribution in [1.29, 1.82) is 0 Å². The highest BCUT2D eigenvalue weighted by atomic mass is 15.3. The molecule has 0 amide bonds. The maximum absolute atomic E-state index is 4.43. The molecule has 0 radical (unpaired) electrons. The first-order chi connectivity index (χ1) is 8.13. The third kappa shape index (κ3) is 5.33. The maximum Gasteiger partial charge on any atom is 0.0625 e. The summed E-state index contributed by atoms with van der Waals surface area (Å²) in [4.78, 5) is 0. The zero-order chi connectivity index (χ0) is 12.7. The van der Waals surface area contributed by atoms with Crippen molar-refractivity contribution in [3.63, 3.8) is 0 Å². The SMILES string of the molecule is CCc1cc(CNCCNCC(C)C)n(C)n1. The second kappa shape index (κ2) is 7.45. The fourth-order valence-corrected chi connectivity index (χ4v) is 1.69. The summed E-state index contributed by atoms with van der Waals surface area (Å²) in [6, 6.07) is 2.18. The Morgan fingerprint density at radius 2 is 2.00 bits per heavy atom. The van der Waals surface area contributed by atoms with Gasteiger partial charge in [-0.05, 0) is 24.9 Å². The molecule has 0 saturated carbocycles. The summed E-state index contributed by atoms with van der Waals surface area (Å²) in [5.41, 5.74) is 2.42. The number of aromatic nitrogens is 2. The van der Waals surface area contributed by atoms with Gasteiger partial charge in [-0.25, -0.2) is 0 Å². The summed E-state index contributed by atoms with van der Waals surface area (Å²) in [6.45, 7) is 10.6. The van der Waals surface area contributed by atoms with Gasteiger partial charge in [0.05, 0.1) is 11.4 Å². The van der Waals surface area contributed by atoms with Crippen LogP contribution in [-0.2, 0) is 20.0 Å². The molecule has 0 atom stereocenters. The molecular weight excluding hydrogens is 212 g/mol. The zero-order valence-corrected chi connectivity index (χ0v) is 11.6. The predicted molar refractivity (Wildman–Crippen MR) is 72.0 cm³/mol. The minimum atomic E-state index is 0.721. The van der Waals surface area contributed by atoms with E-state index in [0.717, 1.165) is 38.5 Å². The molecule has 1 aromatic heterocycles. The summed E-state index contributed by atoms with van der Waals surface area (Å²) in [6.07, 6.45) is 1.00. The molecule has 0 saturated heterocycles. The van der Waals surface area contributed by atoms with E-state index < -0.39 is 0 Å². The van der Waals surface area contributed by atoms with Gasteiger partial charge < -0.3 is 10.6 Å². The molecule has 17 heavy (non-hydrogen) atoms. The molecule has 1 heterocycles. The molecular formula is C13H26N4. The van der Waals surface area contributed by atoms with Crippen molar-refractivity contribution >= 4 is 0 Å². The Morgan fingerprint density at radius 1 is 1.29 bits per heavy atom. The average molecular weight is 238 g/mol. The number of hydrogen-bond acceptors (Lipinski definition) is 3. The molecule has 0 unspecified atom stereocenters. The van der Waals surface area contributed by atoms with E-state index in [4.69, 9.17) is 0 Å². The molecule has 0 aliphatic carbocycles. The van der Waals surface area contributed by atoms with Crippen molar-refractivity contribution < 1.29 is 0 Å². The minimum absolute atomic E-state index is 0.721. The highest BCUT2D eigenvalue weighted by Crippen LogP contribution is 2.02. The first-order valence-electron chi connectivity index (χ1n) is 6.56. The quantitative estimate of drug-likeness (QED) is 0.671. The van der Waals surface area contributed by atoms with Gasteiger partial charge in [-0.15, -0.1) is 0 Å². The highest BCUT2D eigenvalue weighted by Gasteiger charge is 2.02. The lowest BCUT2D eigenvalue weighted by Gasteiger charge is -2.08. The van der Waals surface area contributed by atoms with E-state index in [1.54, 1.807) is 0 Å². The van der Waals surface area contributed by atoms with Crippen molar-refractivity contribution in [3.05, 3.63) is 17.5 Å². The molecule has 0 bridgehead atoms. The monoisotopic (exact) mass is 238 g/mol. The Balaban J connectivity index is 2.15. The molecule has 0 fully saturated rings. The van der Waals surface area contributed by atoms with Crippen LogP contribution in [0.15, 0.2) is 6.07 Å². The predicted octanol–water partition coefficient (Wildman–Crippen LogP) is 1.32. The fourth-order valence-electron chi connectivity index (χ4n) is 1.69. The largest absolute Gasteiger partial charge is 0.315 e. The summed E-state index contributed by atoms with van der Waals surface area (Å²) < 4.78 is 1.97. The smallest absolute Gasteiger partial charge is 0.0625 e. The van der Waals surface area contributed by atoms with Gasteiger partial charge in [0.1, 0.15) is 0 Å². The summed E-state index contributed by atoms with van der Waals surface area (Å²) in [7, 11) is 2.01. The lowest BCUT2D eigenvalue weighted by atomic mass is 10.2. The third-order valence-corrected chi connectivity index (χ3v) is 2.73. The van der Waals surface area contributed by atoms with Crippen LogP contribution in [0, 0.1) is 5.92 Å². The van der Waals surface area contributed by atoms with E-state index in [-0.39, 0.29) is 0 Å². The van der Waals surface area contributed by atoms with Crippen LogP contribution >= 0.6 is 0 Å². The van der Waals surface area contributed by atoms with Crippen molar-refractivity contribution in [3.8, 4) is 0 Å². The number of hydrogen-bond donors (Lipinski definition) is 2. The van der Waals surface area contributed by atoms with Crippen LogP contribution in [0.4, 0.5) is 0 Å². The van der Waals surface area contributed by atoms with Crippen LogP contribution in [0.2, 0.25) is 0 Å². The molecule has 0 aromatic carbocycles. The van der Waals surface area contributed by atoms with Gasteiger partial charge in [-0.1, -0.05) is 20.8 Å². The van der Waals surface area contributed by atoms with E-state index in [9.17, 15) is 0 Å². The summed E-state index contributed by atoms with van der Waals surface area (Å²) >= 11 is 0. The van der Waals surface area contributed by atoms with Crippen molar-refractivity contribution in [2.45, 2.75) is 33.7 Å². The van der Waals surface area contributed by atoms with E-state index >= 15 is 0 Å². The topological polar surface area (TPSA) is 41.9 Å². The lowest BCUT2D eigenvalue weighted by molar-refractivity contribution is 0.530. The van der Waals surface area contributed by atoms with E-state index in [1.165, 1.54) is 11.4 Å². The molecule has 98 valence electrons. The molecule has 1 rings (SSSR count). The van der Waals surface area contributed by atoms with E-state index in [2.05, 4.69) is 42.6 Å². The second-order valence-corrected chi connectivity index (χ2v) is 4.88. The lowest BCUT2D eigenvalue weighted by Crippen LogP contribution is -2.29. The van der Waals surface area contributed by atoms with Gasteiger partial charge in [0.2, 0.25) is 0 Å². The Hall–Kier alpha value is -0.870. The van der Waals surface area contributed by atoms with Gasteiger partial charge in [-0.2, -0.15) is 5.10 Å². The van der Waals surface area contributed by atoms with E-state index in [1.807, 2.05) is 11.7 Å². The Bertz CT molecular complexity index is 317. The second-order valence-electron chi connectivity index (χ2n) is 4.88. The van der Waals surface area contributed by atoms with E-state index in [0.29, 0.717) is 0 Å². The van der Waals surface area contributed by atoms with Crippen molar-refractivity contribution in [2.75, 3.05) is 19.6 Å². The molecule has 2 N–H and O–H groups in total.